The maximum atomic E-state index is 9.61. The lowest BCUT2D eigenvalue weighted by Gasteiger charge is -2.34. The Morgan fingerprint density at radius 3 is 2.00 bits per heavy atom. The van der Waals surface area contributed by atoms with Crippen LogP contribution in [0.5, 0.6) is 0 Å². The van der Waals surface area contributed by atoms with E-state index in [1.807, 2.05) is 12.1 Å². The van der Waals surface area contributed by atoms with E-state index in [2.05, 4.69) is 85.5 Å². The van der Waals surface area contributed by atoms with Gasteiger partial charge in [-0.15, -0.1) is 0 Å². The minimum absolute atomic E-state index is 0.180. The maximum Gasteiger partial charge on any atom is 0.0434 e. The zero-order chi connectivity index (χ0) is 23.9. The van der Waals surface area contributed by atoms with Crippen LogP contribution in [0.1, 0.15) is 67.7 Å². The average Bonchev–Trinajstić information content (AvgIpc) is 2.88. The first-order chi connectivity index (χ1) is 16.6. The van der Waals surface area contributed by atoms with E-state index in [0.29, 0.717) is 12.0 Å². The number of nitrogens with two attached hydrogens (primary N) is 1. The third-order valence-electron chi connectivity index (χ3n) is 7.14. The van der Waals surface area contributed by atoms with E-state index >= 15 is 0 Å². The van der Waals surface area contributed by atoms with Gasteiger partial charge in [0.2, 0.25) is 0 Å². The average molecular weight is 455 g/mol. The molecule has 178 valence electrons. The molecule has 0 aliphatic carbocycles. The number of nitrogens with zero attached hydrogens (tertiary/aromatic N) is 1. The van der Waals surface area contributed by atoms with Gasteiger partial charge in [0.1, 0.15) is 0 Å². The fourth-order valence-corrected chi connectivity index (χ4v) is 5.14. The quantitative estimate of drug-likeness (QED) is 0.298. The molecule has 4 rings (SSSR count). The Bertz CT molecular complexity index is 1060. The highest BCUT2D eigenvalue weighted by Gasteiger charge is 2.22. The molecule has 0 bridgehead atoms. The normalized spacial score (nSPS) is 16.0. The van der Waals surface area contributed by atoms with E-state index in [1.54, 1.807) is 0 Å². The number of likely N-dealkylation sites (tertiary alicyclic amines) is 1. The van der Waals surface area contributed by atoms with E-state index in [9.17, 15) is 5.11 Å². The third-order valence-corrected chi connectivity index (χ3v) is 7.14. The Morgan fingerprint density at radius 2 is 1.44 bits per heavy atom. The number of nitrogen functional groups attached to an aromatic ring is 1. The number of piperidine rings is 1. The van der Waals surface area contributed by atoms with Gasteiger partial charge in [-0.3, -0.25) is 0 Å². The zero-order valence-corrected chi connectivity index (χ0v) is 20.6. The molecule has 3 aromatic carbocycles. The lowest BCUT2D eigenvalue weighted by atomic mass is 9.85. The second kappa shape index (κ2) is 11.5. The van der Waals surface area contributed by atoms with Crippen molar-refractivity contribution < 1.29 is 5.11 Å². The van der Waals surface area contributed by atoms with Crippen LogP contribution in [0.3, 0.4) is 0 Å². The Hall–Kier alpha value is -2.88. The van der Waals surface area contributed by atoms with Crippen molar-refractivity contribution in [2.24, 2.45) is 0 Å². The van der Waals surface area contributed by atoms with Crippen molar-refractivity contribution in [2.45, 2.75) is 51.5 Å². The van der Waals surface area contributed by atoms with E-state index in [-0.39, 0.29) is 6.61 Å². The molecule has 1 aliphatic rings. The second-order valence-corrected chi connectivity index (χ2v) is 9.69. The molecule has 1 saturated heterocycles. The molecule has 0 amide bonds. The number of benzene rings is 3. The maximum absolute atomic E-state index is 9.61. The molecule has 0 radical (unpaired) electrons. The van der Waals surface area contributed by atoms with Gasteiger partial charge in [-0.1, -0.05) is 66.7 Å². The lowest BCUT2D eigenvalue weighted by Crippen LogP contribution is -2.37. The van der Waals surface area contributed by atoms with Crippen molar-refractivity contribution in [3.05, 3.63) is 101 Å². The van der Waals surface area contributed by atoms with Gasteiger partial charge in [0, 0.05) is 18.3 Å². The first kappa shape index (κ1) is 24.3. The molecule has 1 heterocycles. The molecule has 3 nitrogen and oxygen atoms in total. The highest BCUT2D eigenvalue weighted by atomic mass is 16.2. The van der Waals surface area contributed by atoms with Gasteiger partial charge in [-0.2, -0.15) is 0 Å². The highest BCUT2D eigenvalue weighted by Crippen LogP contribution is 2.37. The van der Waals surface area contributed by atoms with Gasteiger partial charge >= 0.3 is 0 Å². The number of aliphatic hydroxyl groups excluding tert-OH is 1. The van der Waals surface area contributed by atoms with Crippen LogP contribution in [0.25, 0.3) is 11.1 Å². The van der Waals surface area contributed by atoms with Crippen LogP contribution in [0.15, 0.2) is 78.9 Å². The summed E-state index contributed by atoms with van der Waals surface area (Å²) in [6.45, 7) is 7.13. The molecule has 3 aromatic rings. The third kappa shape index (κ3) is 5.78. The summed E-state index contributed by atoms with van der Waals surface area (Å²) in [6, 6.07) is 28.6. The summed E-state index contributed by atoms with van der Waals surface area (Å²) in [4.78, 5) is 2.58. The molecule has 0 atom stereocenters. The van der Waals surface area contributed by atoms with Crippen molar-refractivity contribution >= 4 is 16.8 Å². The van der Waals surface area contributed by atoms with Gasteiger partial charge in [-0.05, 0) is 104 Å². The molecule has 3 N–H and O–H groups in total. The molecule has 1 fully saturated rings. The number of rotatable bonds is 8. The smallest absolute Gasteiger partial charge is 0.0434 e. The van der Waals surface area contributed by atoms with E-state index in [0.717, 1.165) is 24.1 Å². The molecule has 0 aromatic heterocycles. The van der Waals surface area contributed by atoms with Crippen molar-refractivity contribution in [1.29, 1.82) is 0 Å². The topological polar surface area (TPSA) is 49.5 Å². The fraction of sp³-hybridized carbons (Fsp3) is 0.355. The first-order valence-electron chi connectivity index (χ1n) is 12.7. The predicted octanol–water partition coefficient (Wildman–Crippen LogP) is 6.59. The van der Waals surface area contributed by atoms with Gasteiger partial charge in [0.25, 0.3) is 0 Å². The molecular weight excluding hydrogens is 416 g/mol. The van der Waals surface area contributed by atoms with Crippen LogP contribution in [0.4, 0.5) is 5.69 Å². The minimum Gasteiger partial charge on any atom is -0.399 e. The number of hydrogen-bond donors (Lipinski definition) is 2. The first-order valence-corrected chi connectivity index (χ1v) is 12.7. The summed E-state index contributed by atoms with van der Waals surface area (Å²) in [7, 11) is 0. The van der Waals surface area contributed by atoms with Gasteiger partial charge in [0.05, 0.1) is 0 Å². The molecule has 1 aliphatic heterocycles. The number of hydrogen-bond acceptors (Lipinski definition) is 3. The molecule has 3 heteroatoms. The van der Waals surface area contributed by atoms with E-state index < -0.39 is 0 Å². The second-order valence-electron chi connectivity index (χ2n) is 9.69. The van der Waals surface area contributed by atoms with Crippen LogP contribution in [-0.4, -0.2) is 35.7 Å². The Kier molecular flexibility index (Phi) is 8.21. The van der Waals surface area contributed by atoms with Crippen LogP contribution < -0.4 is 5.73 Å². The number of aliphatic hydroxyl groups is 1. The highest BCUT2D eigenvalue weighted by molar-refractivity contribution is 5.98. The standard InChI is InChI=1S/C31H38N2O/c1-23(2)33-20-18-25(19-21-33)24-10-12-27(13-11-24)31(28-14-16-29(32)17-15-28)30(9-6-22-34)26-7-4-3-5-8-26/h3-5,7-8,10-17,23,25,34H,6,9,18-22,32H2,1-2H3. The minimum atomic E-state index is 0.180. The summed E-state index contributed by atoms with van der Waals surface area (Å²) in [5, 5.41) is 9.61. The predicted molar refractivity (Wildman–Crippen MR) is 145 cm³/mol. The summed E-state index contributed by atoms with van der Waals surface area (Å²) in [5.41, 5.74) is 14.3. The van der Waals surface area contributed by atoms with Crippen LogP contribution in [0.2, 0.25) is 0 Å². The summed E-state index contributed by atoms with van der Waals surface area (Å²) in [6.07, 6.45) is 4.00. The molecular formula is C31H38N2O. The van der Waals surface area contributed by atoms with Crippen molar-refractivity contribution in [1.82, 2.24) is 4.90 Å². The van der Waals surface area contributed by atoms with Gasteiger partial charge in [-0.25, -0.2) is 0 Å². The SMILES string of the molecule is CC(C)N1CCC(c2ccc(C(=C(CCCO)c3ccccc3)c3ccc(N)cc3)cc2)CC1. The van der Waals surface area contributed by atoms with Crippen LogP contribution in [-0.2, 0) is 0 Å². The summed E-state index contributed by atoms with van der Waals surface area (Å²) in [5.74, 6) is 0.635. The van der Waals surface area contributed by atoms with E-state index in [4.69, 9.17) is 5.73 Å². The van der Waals surface area contributed by atoms with Gasteiger partial charge < -0.3 is 15.7 Å². The zero-order valence-electron chi connectivity index (χ0n) is 20.6. The monoisotopic (exact) mass is 454 g/mol. The lowest BCUT2D eigenvalue weighted by molar-refractivity contribution is 0.172. The van der Waals surface area contributed by atoms with Crippen LogP contribution >= 0.6 is 0 Å². The van der Waals surface area contributed by atoms with Crippen molar-refractivity contribution in [3.63, 3.8) is 0 Å². The van der Waals surface area contributed by atoms with Crippen LogP contribution in [0, 0.1) is 0 Å². The fourth-order valence-electron chi connectivity index (χ4n) is 5.14. The van der Waals surface area contributed by atoms with E-state index in [1.165, 1.54) is 53.8 Å². The Balaban J connectivity index is 1.72. The molecule has 0 saturated carbocycles. The summed E-state index contributed by atoms with van der Waals surface area (Å²) >= 11 is 0. The molecule has 0 unspecified atom stereocenters. The Morgan fingerprint density at radius 1 is 0.853 bits per heavy atom. The molecule has 34 heavy (non-hydrogen) atoms. The van der Waals surface area contributed by atoms with Crippen molar-refractivity contribution in [2.75, 3.05) is 25.4 Å². The summed E-state index contributed by atoms with van der Waals surface area (Å²) < 4.78 is 0. The number of anilines is 1. The van der Waals surface area contributed by atoms with Gasteiger partial charge in [0.15, 0.2) is 0 Å². The molecule has 0 spiro atoms. The van der Waals surface area contributed by atoms with Crippen molar-refractivity contribution in [3.8, 4) is 0 Å². The Labute approximate surface area is 204 Å². The largest absolute Gasteiger partial charge is 0.399 e. The number of allylic oxidation sites excluding steroid dienone is 1.